The minimum absolute atomic E-state index is 0.0406. The molecule has 0 spiro atoms. The molecule has 2 aliphatic rings. The molecule has 154 valence electrons. The second kappa shape index (κ2) is 7.13. The Morgan fingerprint density at radius 3 is 2.59 bits per heavy atom. The average molecular weight is 403 g/mol. The Hall–Kier alpha value is -2.97. The van der Waals surface area contributed by atoms with Crippen molar-refractivity contribution in [3.05, 3.63) is 46.7 Å². The van der Waals surface area contributed by atoms with E-state index in [9.17, 15) is 18.4 Å². The normalized spacial score (nSPS) is 17.9. The number of urea groups is 1. The van der Waals surface area contributed by atoms with Crippen LogP contribution in [0.2, 0.25) is 0 Å². The summed E-state index contributed by atoms with van der Waals surface area (Å²) in [5.41, 5.74) is 0.525. The number of halogens is 2. The quantitative estimate of drug-likeness (QED) is 0.804. The predicted molar refractivity (Wildman–Crippen MR) is 102 cm³/mol. The molecular weight excluding hydrogens is 380 g/mol. The fraction of sp³-hybridized carbons (Fsp3) is 0.450. The first-order valence-electron chi connectivity index (χ1n) is 9.69. The van der Waals surface area contributed by atoms with Gasteiger partial charge in [0.2, 0.25) is 0 Å². The number of benzene rings is 1. The second-order valence-electron chi connectivity index (χ2n) is 7.98. The third-order valence-corrected chi connectivity index (χ3v) is 5.74. The van der Waals surface area contributed by atoms with Gasteiger partial charge in [-0.1, -0.05) is 0 Å². The van der Waals surface area contributed by atoms with Crippen molar-refractivity contribution in [1.29, 1.82) is 0 Å². The topological polar surface area (TPSA) is 81.3 Å². The number of nitrogens with one attached hydrogen (secondary N) is 2. The molecule has 0 saturated carbocycles. The standard InChI is InChI=1S/C20H23F2N5O2/c1-20(2)16-14(11-27(20)19(29)26-8-4-3-5-9-26)17(25-24-16)23-18(28)13-7-6-12(21)10-15(13)22/h6-7,10H,3-5,8-9,11H2,1-2H3,(H2,23,24,25,28). The van der Waals surface area contributed by atoms with E-state index in [1.54, 1.807) is 4.90 Å². The zero-order valence-electron chi connectivity index (χ0n) is 16.4. The van der Waals surface area contributed by atoms with Crippen LogP contribution in [0.3, 0.4) is 0 Å². The summed E-state index contributed by atoms with van der Waals surface area (Å²) in [5.74, 6) is -2.18. The number of aromatic nitrogens is 2. The lowest BCUT2D eigenvalue weighted by Gasteiger charge is -2.37. The number of likely N-dealkylation sites (tertiary alicyclic amines) is 1. The first-order chi connectivity index (χ1) is 13.8. The van der Waals surface area contributed by atoms with Gasteiger partial charge in [-0.25, -0.2) is 13.6 Å². The van der Waals surface area contributed by atoms with E-state index in [0.29, 0.717) is 11.6 Å². The molecule has 2 aromatic rings. The van der Waals surface area contributed by atoms with Crippen LogP contribution in [0.25, 0.3) is 0 Å². The van der Waals surface area contributed by atoms with Gasteiger partial charge in [0.25, 0.3) is 5.91 Å². The molecule has 2 aliphatic heterocycles. The first-order valence-corrected chi connectivity index (χ1v) is 9.69. The monoisotopic (exact) mass is 403 g/mol. The molecule has 4 rings (SSSR count). The van der Waals surface area contributed by atoms with Gasteiger partial charge >= 0.3 is 6.03 Å². The molecule has 0 bridgehead atoms. The van der Waals surface area contributed by atoms with E-state index in [1.165, 1.54) is 0 Å². The third kappa shape index (κ3) is 3.34. The fourth-order valence-corrected chi connectivity index (χ4v) is 4.03. The van der Waals surface area contributed by atoms with Crippen LogP contribution < -0.4 is 5.32 Å². The molecule has 0 aliphatic carbocycles. The summed E-state index contributed by atoms with van der Waals surface area (Å²) in [5, 5.41) is 9.64. The summed E-state index contributed by atoms with van der Waals surface area (Å²) in [4.78, 5) is 29.1. The summed E-state index contributed by atoms with van der Waals surface area (Å²) in [6, 6.07) is 2.73. The van der Waals surface area contributed by atoms with Crippen molar-refractivity contribution in [2.45, 2.75) is 45.2 Å². The van der Waals surface area contributed by atoms with Crippen molar-refractivity contribution in [3.63, 3.8) is 0 Å². The van der Waals surface area contributed by atoms with Gasteiger partial charge in [-0.2, -0.15) is 5.10 Å². The number of anilines is 1. The number of piperidine rings is 1. The summed E-state index contributed by atoms with van der Waals surface area (Å²) < 4.78 is 27.0. The van der Waals surface area contributed by atoms with Crippen LogP contribution in [-0.4, -0.2) is 45.0 Å². The largest absolute Gasteiger partial charge is 0.325 e. The Morgan fingerprint density at radius 1 is 1.17 bits per heavy atom. The van der Waals surface area contributed by atoms with Gasteiger partial charge in [0, 0.05) is 24.7 Å². The number of H-pyrrole nitrogens is 1. The minimum Gasteiger partial charge on any atom is -0.325 e. The summed E-state index contributed by atoms with van der Waals surface area (Å²) in [6.07, 6.45) is 3.13. The van der Waals surface area contributed by atoms with Crippen molar-refractivity contribution < 1.29 is 18.4 Å². The molecule has 1 fully saturated rings. The number of hydrogen-bond donors (Lipinski definition) is 2. The maximum Gasteiger partial charge on any atom is 0.321 e. The number of rotatable bonds is 2. The van der Waals surface area contributed by atoms with Gasteiger partial charge in [-0.3, -0.25) is 9.89 Å². The fourth-order valence-electron chi connectivity index (χ4n) is 4.03. The Kier molecular flexibility index (Phi) is 4.76. The lowest BCUT2D eigenvalue weighted by atomic mass is 10.0. The number of nitrogens with zero attached hydrogens (tertiary/aromatic N) is 3. The van der Waals surface area contributed by atoms with Crippen LogP contribution in [0.5, 0.6) is 0 Å². The van der Waals surface area contributed by atoms with Gasteiger partial charge in [0.05, 0.1) is 23.3 Å². The van der Waals surface area contributed by atoms with Crippen molar-refractivity contribution >= 4 is 17.8 Å². The van der Waals surface area contributed by atoms with E-state index < -0.39 is 23.1 Å². The molecule has 0 atom stereocenters. The lowest BCUT2D eigenvalue weighted by Crippen LogP contribution is -2.49. The summed E-state index contributed by atoms with van der Waals surface area (Å²) >= 11 is 0. The van der Waals surface area contributed by atoms with E-state index >= 15 is 0 Å². The molecule has 0 unspecified atom stereocenters. The molecule has 9 heteroatoms. The Balaban J connectivity index is 1.56. The highest BCUT2D eigenvalue weighted by atomic mass is 19.1. The Bertz CT molecular complexity index is 966. The van der Waals surface area contributed by atoms with Gasteiger partial charge in [0.15, 0.2) is 5.82 Å². The molecule has 1 aromatic carbocycles. The molecule has 1 aromatic heterocycles. The van der Waals surface area contributed by atoms with E-state index in [-0.39, 0.29) is 24.0 Å². The molecular formula is C20H23F2N5O2. The Morgan fingerprint density at radius 2 is 1.90 bits per heavy atom. The average Bonchev–Trinajstić information content (AvgIpc) is 3.20. The van der Waals surface area contributed by atoms with Crippen molar-refractivity contribution in [3.8, 4) is 0 Å². The van der Waals surface area contributed by atoms with E-state index in [4.69, 9.17) is 0 Å². The van der Waals surface area contributed by atoms with Crippen LogP contribution in [0.15, 0.2) is 18.2 Å². The maximum absolute atomic E-state index is 13.9. The molecule has 3 amide bonds. The number of carbonyl (C=O) groups is 2. The second-order valence-corrected chi connectivity index (χ2v) is 7.98. The lowest BCUT2D eigenvalue weighted by molar-refractivity contribution is 0.100. The molecule has 3 heterocycles. The number of hydrogen-bond acceptors (Lipinski definition) is 3. The first kappa shape index (κ1) is 19.4. The number of aromatic amines is 1. The number of fused-ring (bicyclic) bond motifs is 1. The Labute approximate surface area is 167 Å². The van der Waals surface area contributed by atoms with Crippen molar-refractivity contribution in [2.24, 2.45) is 0 Å². The van der Waals surface area contributed by atoms with Gasteiger partial charge in [-0.05, 0) is 45.2 Å². The van der Waals surface area contributed by atoms with Gasteiger partial charge in [-0.15, -0.1) is 0 Å². The SMILES string of the molecule is CC1(C)c2[nH]nc(NC(=O)c3ccc(F)cc3F)c2CN1C(=O)N1CCCCC1. The van der Waals surface area contributed by atoms with E-state index in [0.717, 1.165) is 50.2 Å². The highest BCUT2D eigenvalue weighted by Gasteiger charge is 2.45. The highest BCUT2D eigenvalue weighted by Crippen LogP contribution is 2.41. The maximum atomic E-state index is 13.9. The van der Waals surface area contributed by atoms with Crippen LogP contribution in [0.1, 0.15) is 54.7 Å². The predicted octanol–water partition coefficient (Wildman–Crippen LogP) is 3.60. The summed E-state index contributed by atoms with van der Waals surface area (Å²) in [6.45, 7) is 5.61. The summed E-state index contributed by atoms with van der Waals surface area (Å²) in [7, 11) is 0. The zero-order chi connectivity index (χ0) is 20.8. The van der Waals surface area contributed by atoms with Crippen LogP contribution in [0.4, 0.5) is 19.4 Å². The molecule has 0 radical (unpaired) electrons. The smallest absolute Gasteiger partial charge is 0.321 e. The minimum atomic E-state index is -0.947. The van der Waals surface area contributed by atoms with Crippen molar-refractivity contribution in [2.75, 3.05) is 18.4 Å². The molecule has 29 heavy (non-hydrogen) atoms. The third-order valence-electron chi connectivity index (χ3n) is 5.74. The van der Waals surface area contributed by atoms with E-state index in [2.05, 4.69) is 15.5 Å². The molecule has 2 N–H and O–H groups in total. The van der Waals surface area contributed by atoms with Crippen LogP contribution in [-0.2, 0) is 12.1 Å². The number of amides is 3. The highest BCUT2D eigenvalue weighted by molar-refractivity contribution is 6.04. The number of carbonyl (C=O) groups excluding carboxylic acids is 2. The van der Waals surface area contributed by atoms with Gasteiger partial charge < -0.3 is 15.1 Å². The van der Waals surface area contributed by atoms with Crippen LogP contribution in [0, 0.1) is 11.6 Å². The van der Waals surface area contributed by atoms with Crippen LogP contribution >= 0.6 is 0 Å². The van der Waals surface area contributed by atoms with Gasteiger partial charge in [0.1, 0.15) is 11.6 Å². The van der Waals surface area contributed by atoms with E-state index in [1.807, 2.05) is 18.7 Å². The zero-order valence-corrected chi connectivity index (χ0v) is 16.4. The molecule has 1 saturated heterocycles. The van der Waals surface area contributed by atoms with Crippen molar-refractivity contribution in [1.82, 2.24) is 20.0 Å². The molecule has 7 nitrogen and oxygen atoms in total.